The smallest absolute Gasteiger partial charge is 0.250 e. The molecule has 1 amide bonds. The van der Waals surface area contributed by atoms with Crippen LogP contribution in [0.1, 0.15) is 19.4 Å². The molecule has 0 radical (unpaired) electrons. The van der Waals surface area contributed by atoms with Gasteiger partial charge in [-0.05, 0) is 38.5 Å². The lowest BCUT2D eigenvalue weighted by Gasteiger charge is -2.22. The number of benzene rings is 1. The third-order valence-electron chi connectivity index (χ3n) is 2.39. The van der Waals surface area contributed by atoms with Crippen molar-refractivity contribution in [3.8, 4) is 0 Å². The van der Waals surface area contributed by atoms with Crippen LogP contribution in [0.2, 0.25) is 0 Å². The highest BCUT2D eigenvalue weighted by molar-refractivity contribution is 5.91. The van der Waals surface area contributed by atoms with Crippen molar-refractivity contribution in [3.63, 3.8) is 0 Å². The molecule has 0 aliphatic rings. The van der Waals surface area contributed by atoms with Gasteiger partial charge in [-0.3, -0.25) is 4.79 Å². The monoisotopic (exact) mass is 236 g/mol. The first-order chi connectivity index (χ1) is 7.93. The Hall–Kier alpha value is -1.39. The molecule has 17 heavy (non-hydrogen) atoms. The van der Waals surface area contributed by atoms with Gasteiger partial charge in [-0.25, -0.2) is 0 Å². The molecule has 0 saturated carbocycles. The van der Waals surface area contributed by atoms with E-state index in [0.29, 0.717) is 6.54 Å². The Balaban J connectivity index is 2.45. The molecule has 1 aromatic carbocycles. The maximum absolute atomic E-state index is 11.6. The summed E-state index contributed by atoms with van der Waals surface area (Å²) in [4.78, 5) is 11.6. The zero-order chi connectivity index (χ0) is 12.9. The Morgan fingerprint density at radius 3 is 2.76 bits per heavy atom. The average molecular weight is 236 g/mol. The summed E-state index contributed by atoms with van der Waals surface area (Å²) in [6.45, 7) is 6.08. The molecule has 0 spiro atoms. The SMILES string of the molecule is Cc1cccc(NC(=O)COC(C)(C)CN)c1. The average Bonchev–Trinajstić information content (AvgIpc) is 2.27. The Labute approximate surface area is 102 Å². The second-order valence-corrected chi connectivity index (χ2v) is 4.67. The van der Waals surface area contributed by atoms with Gasteiger partial charge in [-0.15, -0.1) is 0 Å². The third-order valence-corrected chi connectivity index (χ3v) is 2.39. The number of amides is 1. The van der Waals surface area contributed by atoms with E-state index in [-0.39, 0.29) is 12.5 Å². The van der Waals surface area contributed by atoms with Crippen LogP contribution in [-0.4, -0.2) is 24.7 Å². The number of hydrogen-bond acceptors (Lipinski definition) is 3. The lowest BCUT2D eigenvalue weighted by molar-refractivity contribution is -0.125. The van der Waals surface area contributed by atoms with Crippen LogP contribution in [0.5, 0.6) is 0 Å². The highest BCUT2D eigenvalue weighted by atomic mass is 16.5. The van der Waals surface area contributed by atoms with Gasteiger partial charge in [-0.1, -0.05) is 12.1 Å². The Morgan fingerprint density at radius 2 is 2.18 bits per heavy atom. The molecule has 1 rings (SSSR count). The van der Waals surface area contributed by atoms with E-state index in [2.05, 4.69) is 5.32 Å². The molecular weight excluding hydrogens is 216 g/mol. The first-order valence-corrected chi connectivity index (χ1v) is 5.63. The van der Waals surface area contributed by atoms with Crippen LogP contribution >= 0.6 is 0 Å². The van der Waals surface area contributed by atoms with E-state index >= 15 is 0 Å². The van der Waals surface area contributed by atoms with Crippen LogP contribution in [0.3, 0.4) is 0 Å². The van der Waals surface area contributed by atoms with Crippen LogP contribution in [0, 0.1) is 6.92 Å². The first kappa shape index (κ1) is 13.7. The minimum Gasteiger partial charge on any atom is -0.364 e. The summed E-state index contributed by atoms with van der Waals surface area (Å²) < 4.78 is 5.41. The zero-order valence-corrected chi connectivity index (χ0v) is 10.6. The topological polar surface area (TPSA) is 64.3 Å². The van der Waals surface area contributed by atoms with E-state index in [1.807, 2.05) is 45.0 Å². The van der Waals surface area contributed by atoms with Crippen molar-refractivity contribution in [1.29, 1.82) is 0 Å². The van der Waals surface area contributed by atoms with Crippen molar-refractivity contribution in [1.82, 2.24) is 0 Å². The van der Waals surface area contributed by atoms with Gasteiger partial charge in [0.1, 0.15) is 6.61 Å². The summed E-state index contributed by atoms with van der Waals surface area (Å²) in [6.07, 6.45) is 0. The summed E-state index contributed by atoms with van der Waals surface area (Å²) in [5.41, 5.74) is 6.92. The van der Waals surface area contributed by atoms with Gasteiger partial charge >= 0.3 is 0 Å². The maximum Gasteiger partial charge on any atom is 0.250 e. The van der Waals surface area contributed by atoms with Gasteiger partial charge in [0.15, 0.2) is 0 Å². The van der Waals surface area contributed by atoms with Crippen LogP contribution in [0.4, 0.5) is 5.69 Å². The number of anilines is 1. The standard InChI is InChI=1S/C13H20N2O2/c1-10-5-4-6-11(7-10)15-12(16)8-17-13(2,3)9-14/h4-7H,8-9,14H2,1-3H3,(H,15,16). The molecule has 0 heterocycles. The van der Waals surface area contributed by atoms with Crippen molar-refractivity contribution in [2.75, 3.05) is 18.5 Å². The molecule has 0 aromatic heterocycles. The van der Waals surface area contributed by atoms with Crippen molar-refractivity contribution in [2.24, 2.45) is 5.73 Å². The predicted octanol–water partition coefficient (Wildman–Crippen LogP) is 1.69. The lowest BCUT2D eigenvalue weighted by Crippen LogP contribution is -2.36. The normalized spacial score (nSPS) is 11.3. The number of carbonyl (C=O) groups is 1. The molecular formula is C13H20N2O2. The quantitative estimate of drug-likeness (QED) is 0.817. The van der Waals surface area contributed by atoms with Crippen LogP contribution in [0.25, 0.3) is 0 Å². The molecule has 0 atom stereocenters. The number of aryl methyl sites for hydroxylation is 1. The van der Waals surface area contributed by atoms with Crippen molar-refractivity contribution in [2.45, 2.75) is 26.4 Å². The molecule has 0 aliphatic carbocycles. The maximum atomic E-state index is 11.6. The Morgan fingerprint density at radius 1 is 1.47 bits per heavy atom. The van der Waals surface area contributed by atoms with E-state index in [0.717, 1.165) is 11.3 Å². The van der Waals surface area contributed by atoms with Gasteiger partial charge < -0.3 is 15.8 Å². The second-order valence-electron chi connectivity index (χ2n) is 4.67. The fourth-order valence-corrected chi connectivity index (χ4v) is 1.24. The minimum atomic E-state index is -0.468. The molecule has 4 heteroatoms. The molecule has 4 nitrogen and oxygen atoms in total. The molecule has 1 aromatic rings. The molecule has 3 N–H and O–H groups in total. The van der Waals surface area contributed by atoms with Gasteiger partial charge in [-0.2, -0.15) is 0 Å². The van der Waals surface area contributed by atoms with Crippen LogP contribution < -0.4 is 11.1 Å². The summed E-state index contributed by atoms with van der Waals surface area (Å²) >= 11 is 0. The third kappa shape index (κ3) is 4.97. The van der Waals surface area contributed by atoms with Gasteiger partial charge in [0.25, 0.3) is 0 Å². The molecule has 0 saturated heterocycles. The number of carbonyl (C=O) groups excluding carboxylic acids is 1. The van der Waals surface area contributed by atoms with Crippen molar-refractivity contribution >= 4 is 11.6 Å². The highest BCUT2D eigenvalue weighted by Crippen LogP contribution is 2.10. The Kier molecular flexibility index (Phi) is 4.66. The summed E-state index contributed by atoms with van der Waals surface area (Å²) in [5, 5.41) is 2.77. The Bertz CT molecular complexity index is 389. The molecule has 0 fully saturated rings. The summed E-state index contributed by atoms with van der Waals surface area (Å²) in [7, 11) is 0. The molecule has 0 unspecified atom stereocenters. The van der Waals surface area contributed by atoms with Gasteiger partial charge in [0.05, 0.1) is 5.60 Å². The van der Waals surface area contributed by atoms with E-state index < -0.39 is 5.60 Å². The van der Waals surface area contributed by atoms with E-state index in [1.165, 1.54) is 0 Å². The lowest BCUT2D eigenvalue weighted by atomic mass is 10.1. The molecule has 0 aliphatic heterocycles. The number of hydrogen-bond donors (Lipinski definition) is 2. The second kappa shape index (κ2) is 5.80. The number of nitrogens with two attached hydrogens (primary N) is 1. The van der Waals surface area contributed by atoms with Crippen molar-refractivity contribution in [3.05, 3.63) is 29.8 Å². The van der Waals surface area contributed by atoms with E-state index in [4.69, 9.17) is 10.5 Å². The molecule has 94 valence electrons. The summed E-state index contributed by atoms with van der Waals surface area (Å²) in [6, 6.07) is 7.63. The zero-order valence-electron chi connectivity index (χ0n) is 10.6. The summed E-state index contributed by atoms with van der Waals surface area (Å²) in [5.74, 6) is -0.169. The molecule has 0 bridgehead atoms. The van der Waals surface area contributed by atoms with E-state index in [1.54, 1.807) is 0 Å². The minimum absolute atomic E-state index is 0.0120. The van der Waals surface area contributed by atoms with E-state index in [9.17, 15) is 4.79 Å². The number of nitrogens with one attached hydrogen (secondary N) is 1. The number of ether oxygens (including phenoxy) is 1. The van der Waals surface area contributed by atoms with Crippen molar-refractivity contribution < 1.29 is 9.53 Å². The van der Waals surface area contributed by atoms with Crippen LogP contribution in [-0.2, 0) is 9.53 Å². The predicted molar refractivity (Wildman–Crippen MR) is 68.9 cm³/mol. The van der Waals surface area contributed by atoms with Crippen LogP contribution in [0.15, 0.2) is 24.3 Å². The fraction of sp³-hybridized carbons (Fsp3) is 0.462. The number of rotatable bonds is 5. The van der Waals surface area contributed by atoms with Gasteiger partial charge in [0, 0.05) is 12.2 Å². The highest BCUT2D eigenvalue weighted by Gasteiger charge is 2.17. The first-order valence-electron chi connectivity index (χ1n) is 5.63. The fourth-order valence-electron chi connectivity index (χ4n) is 1.24. The van der Waals surface area contributed by atoms with Gasteiger partial charge in [0.2, 0.25) is 5.91 Å². The largest absolute Gasteiger partial charge is 0.364 e.